The van der Waals surface area contributed by atoms with Gasteiger partial charge in [0.1, 0.15) is 0 Å². The Morgan fingerprint density at radius 2 is 2.00 bits per heavy atom. The number of aryl methyl sites for hydroxylation is 1. The predicted molar refractivity (Wildman–Crippen MR) is 79.4 cm³/mol. The minimum absolute atomic E-state index is 0.148. The number of halogens is 1. The number of anilines is 1. The number of hydrogen-bond donors (Lipinski definition) is 2. The highest BCUT2D eigenvalue weighted by Crippen LogP contribution is 2.24. The summed E-state index contributed by atoms with van der Waals surface area (Å²) in [7, 11) is -1.40. The second-order valence-corrected chi connectivity index (χ2v) is 6.91. The van der Waals surface area contributed by atoms with E-state index in [1.807, 2.05) is 26.1 Å². The van der Waals surface area contributed by atoms with E-state index in [4.69, 9.17) is 0 Å². The van der Waals surface area contributed by atoms with E-state index in [1.165, 1.54) is 0 Å². The maximum Gasteiger partial charge on any atom is 0.232 e. The first-order chi connectivity index (χ1) is 8.44. The summed E-state index contributed by atoms with van der Waals surface area (Å²) in [4.78, 5) is 0. The van der Waals surface area contributed by atoms with Crippen molar-refractivity contribution in [1.29, 1.82) is 0 Å². The Kier molecular flexibility index (Phi) is 6.11. The summed E-state index contributed by atoms with van der Waals surface area (Å²) in [6, 6.07) is 5.53. The molecule has 0 aliphatic rings. The molecule has 0 heterocycles. The normalized spacial score (nSPS) is 11.5. The molecule has 6 heteroatoms. The molecule has 2 N–H and O–H groups in total. The molecule has 0 saturated carbocycles. The van der Waals surface area contributed by atoms with Crippen LogP contribution in [0, 0.1) is 6.92 Å². The van der Waals surface area contributed by atoms with Gasteiger partial charge >= 0.3 is 0 Å². The number of sulfonamides is 1. The Morgan fingerprint density at radius 3 is 2.61 bits per heavy atom. The van der Waals surface area contributed by atoms with Gasteiger partial charge < -0.3 is 5.32 Å². The lowest BCUT2D eigenvalue weighted by Crippen LogP contribution is -2.18. The van der Waals surface area contributed by atoms with Gasteiger partial charge in [-0.1, -0.05) is 6.07 Å². The van der Waals surface area contributed by atoms with E-state index in [0.29, 0.717) is 12.1 Å². The van der Waals surface area contributed by atoms with Crippen LogP contribution in [0.1, 0.15) is 18.4 Å². The van der Waals surface area contributed by atoms with Crippen LogP contribution in [0.25, 0.3) is 0 Å². The molecular formula is C12H19BrN2O2S. The van der Waals surface area contributed by atoms with Gasteiger partial charge in [0.25, 0.3) is 0 Å². The monoisotopic (exact) mass is 334 g/mol. The molecule has 1 rings (SSSR count). The zero-order chi connectivity index (χ0) is 13.6. The van der Waals surface area contributed by atoms with E-state index in [1.54, 1.807) is 6.07 Å². The highest BCUT2D eigenvalue weighted by atomic mass is 79.9. The van der Waals surface area contributed by atoms with E-state index in [0.717, 1.165) is 23.0 Å². The van der Waals surface area contributed by atoms with Crippen LogP contribution in [0.4, 0.5) is 5.69 Å². The maximum absolute atomic E-state index is 11.8. The first-order valence-electron chi connectivity index (χ1n) is 5.86. The molecule has 0 bridgehead atoms. The van der Waals surface area contributed by atoms with Crippen molar-refractivity contribution in [3.8, 4) is 0 Å². The minimum Gasteiger partial charge on any atom is -0.320 e. The fourth-order valence-corrected chi connectivity index (χ4v) is 3.44. The van der Waals surface area contributed by atoms with Crippen molar-refractivity contribution >= 4 is 31.6 Å². The highest BCUT2D eigenvalue weighted by molar-refractivity contribution is 9.10. The molecule has 0 aliphatic carbocycles. The summed E-state index contributed by atoms with van der Waals surface area (Å²) in [5.41, 5.74) is 1.67. The van der Waals surface area contributed by atoms with Gasteiger partial charge in [0, 0.05) is 4.47 Å². The molecule has 0 unspecified atom stereocenters. The lowest BCUT2D eigenvalue weighted by Gasteiger charge is -2.10. The lowest BCUT2D eigenvalue weighted by atomic mass is 10.2. The summed E-state index contributed by atoms with van der Waals surface area (Å²) in [6.45, 7) is 2.80. The van der Waals surface area contributed by atoms with E-state index in [-0.39, 0.29) is 5.75 Å². The third-order valence-electron chi connectivity index (χ3n) is 2.48. The molecular weight excluding hydrogens is 316 g/mol. The van der Waals surface area contributed by atoms with Gasteiger partial charge in [-0.15, -0.1) is 0 Å². The fourth-order valence-electron chi connectivity index (χ4n) is 1.52. The summed E-state index contributed by atoms with van der Waals surface area (Å²) in [5, 5.41) is 3.00. The third kappa shape index (κ3) is 5.37. The van der Waals surface area contributed by atoms with Crippen LogP contribution in [0.2, 0.25) is 0 Å². The first kappa shape index (κ1) is 15.5. The molecule has 0 atom stereocenters. The first-order valence-corrected chi connectivity index (χ1v) is 8.30. The summed E-state index contributed by atoms with van der Waals surface area (Å²) >= 11 is 3.36. The van der Waals surface area contributed by atoms with Gasteiger partial charge in [-0.25, -0.2) is 8.42 Å². The predicted octanol–water partition coefficient (Wildman–Crippen LogP) is 2.50. The van der Waals surface area contributed by atoms with E-state index < -0.39 is 10.0 Å². The van der Waals surface area contributed by atoms with Gasteiger partial charge in [0.2, 0.25) is 10.0 Å². The highest BCUT2D eigenvalue weighted by Gasteiger charge is 2.11. The van der Waals surface area contributed by atoms with Crippen LogP contribution in [0.5, 0.6) is 0 Å². The van der Waals surface area contributed by atoms with Crippen molar-refractivity contribution in [3.63, 3.8) is 0 Å². The van der Waals surface area contributed by atoms with Crippen LogP contribution >= 0.6 is 15.9 Å². The van der Waals surface area contributed by atoms with Gasteiger partial charge in [-0.3, -0.25) is 4.72 Å². The molecule has 1 aromatic carbocycles. The van der Waals surface area contributed by atoms with Gasteiger partial charge in [0.15, 0.2) is 0 Å². The van der Waals surface area contributed by atoms with Crippen LogP contribution in [0.3, 0.4) is 0 Å². The number of hydrogen-bond acceptors (Lipinski definition) is 3. The zero-order valence-electron chi connectivity index (χ0n) is 10.7. The largest absolute Gasteiger partial charge is 0.320 e. The van der Waals surface area contributed by atoms with Crippen molar-refractivity contribution in [3.05, 3.63) is 28.2 Å². The van der Waals surface area contributed by atoms with Crippen molar-refractivity contribution in [2.75, 3.05) is 24.1 Å². The fraction of sp³-hybridized carbons (Fsp3) is 0.500. The molecule has 0 saturated heterocycles. The van der Waals surface area contributed by atoms with Gasteiger partial charge in [-0.05, 0) is 67.0 Å². The van der Waals surface area contributed by atoms with Gasteiger partial charge in [-0.2, -0.15) is 0 Å². The molecule has 0 fully saturated rings. The van der Waals surface area contributed by atoms with Crippen molar-refractivity contribution in [2.45, 2.75) is 19.8 Å². The Bertz CT molecular complexity index is 489. The van der Waals surface area contributed by atoms with Crippen molar-refractivity contribution < 1.29 is 8.42 Å². The summed E-state index contributed by atoms with van der Waals surface area (Å²) in [6.07, 6.45) is 1.51. The van der Waals surface area contributed by atoms with E-state index in [2.05, 4.69) is 26.0 Å². The second kappa shape index (κ2) is 7.11. The number of nitrogens with one attached hydrogen (secondary N) is 2. The standard InChI is InChI=1S/C12H19BrN2O2S/c1-10-5-6-12(11(13)9-10)15-18(16,17)8-4-3-7-14-2/h5-6,9,14-15H,3-4,7-8H2,1-2H3. The molecule has 0 aliphatic heterocycles. The average molecular weight is 335 g/mol. The third-order valence-corrected chi connectivity index (χ3v) is 4.49. The number of rotatable bonds is 7. The number of benzene rings is 1. The second-order valence-electron chi connectivity index (χ2n) is 4.21. The van der Waals surface area contributed by atoms with Crippen LogP contribution in [-0.4, -0.2) is 27.8 Å². The Labute approximate surface area is 117 Å². The van der Waals surface area contributed by atoms with Gasteiger partial charge in [0.05, 0.1) is 11.4 Å². The summed E-state index contributed by atoms with van der Waals surface area (Å²) < 4.78 is 27.1. The molecule has 0 radical (unpaired) electrons. The summed E-state index contributed by atoms with van der Waals surface area (Å²) in [5.74, 6) is 0.148. The Hall–Kier alpha value is -0.590. The van der Waals surface area contributed by atoms with E-state index in [9.17, 15) is 8.42 Å². The lowest BCUT2D eigenvalue weighted by molar-refractivity contribution is 0.595. The average Bonchev–Trinajstić information content (AvgIpc) is 2.28. The van der Waals surface area contributed by atoms with E-state index >= 15 is 0 Å². The molecule has 1 aromatic rings. The van der Waals surface area contributed by atoms with Crippen molar-refractivity contribution in [1.82, 2.24) is 5.32 Å². The quantitative estimate of drug-likeness (QED) is 0.753. The smallest absolute Gasteiger partial charge is 0.232 e. The molecule has 18 heavy (non-hydrogen) atoms. The molecule has 4 nitrogen and oxygen atoms in total. The zero-order valence-corrected chi connectivity index (χ0v) is 13.1. The van der Waals surface area contributed by atoms with Crippen LogP contribution in [0.15, 0.2) is 22.7 Å². The molecule has 0 aromatic heterocycles. The molecule has 102 valence electrons. The Morgan fingerprint density at radius 1 is 1.28 bits per heavy atom. The van der Waals surface area contributed by atoms with Crippen LogP contribution < -0.4 is 10.0 Å². The molecule has 0 amide bonds. The van der Waals surface area contributed by atoms with Crippen LogP contribution in [-0.2, 0) is 10.0 Å². The van der Waals surface area contributed by atoms with Crippen molar-refractivity contribution in [2.24, 2.45) is 0 Å². The SMILES string of the molecule is CNCCCCS(=O)(=O)Nc1ccc(C)cc1Br. The molecule has 0 spiro atoms. The topological polar surface area (TPSA) is 58.2 Å². The minimum atomic E-state index is -3.26. The maximum atomic E-state index is 11.8. The number of unbranched alkanes of at least 4 members (excludes halogenated alkanes) is 1. The Balaban J connectivity index is 2.59.